The van der Waals surface area contributed by atoms with Crippen LogP contribution in [0.15, 0.2) is 36.4 Å². The van der Waals surface area contributed by atoms with Crippen molar-refractivity contribution in [2.24, 2.45) is 0 Å². The largest absolute Gasteiger partial charge is 0.481 e. The zero-order valence-electron chi connectivity index (χ0n) is 15.0. The third-order valence-corrected chi connectivity index (χ3v) is 5.73. The number of ether oxygens (including phenoxy) is 1. The molecule has 4 rings (SSSR count). The van der Waals surface area contributed by atoms with Gasteiger partial charge in [-0.1, -0.05) is 23.7 Å². The van der Waals surface area contributed by atoms with Crippen molar-refractivity contribution in [3.63, 3.8) is 0 Å². The van der Waals surface area contributed by atoms with Gasteiger partial charge in [0.2, 0.25) is 5.88 Å². The van der Waals surface area contributed by atoms with E-state index in [0.717, 1.165) is 4.88 Å². The first-order valence-electron chi connectivity index (χ1n) is 8.81. The second kappa shape index (κ2) is 7.68. The van der Waals surface area contributed by atoms with E-state index in [1.54, 1.807) is 36.4 Å². The van der Waals surface area contributed by atoms with Crippen LogP contribution in [-0.2, 0) is 24.1 Å². The Balaban J connectivity index is 1.71. The zero-order valence-corrected chi connectivity index (χ0v) is 16.6. The molecular weight excluding hydrogens is 422 g/mol. The molecule has 0 amide bonds. The molecule has 150 valence electrons. The van der Waals surface area contributed by atoms with E-state index in [1.165, 1.54) is 11.3 Å². The van der Waals surface area contributed by atoms with E-state index in [2.05, 4.69) is 9.97 Å². The fourth-order valence-corrected chi connectivity index (χ4v) is 4.11. The molecule has 0 fully saturated rings. The van der Waals surface area contributed by atoms with E-state index in [4.69, 9.17) is 21.4 Å². The number of carboxylic acid groups (broad SMARTS) is 1. The lowest BCUT2D eigenvalue weighted by atomic mass is 9.93. The molecule has 0 spiro atoms. The minimum Gasteiger partial charge on any atom is -0.481 e. The molecular formula is C20H15ClF2N2O3S. The minimum atomic E-state index is -2.84. The molecule has 1 aliphatic rings. The Labute approximate surface area is 174 Å². The Hall–Kier alpha value is -2.58. The number of aliphatic carboxylic acids is 1. The summed E-state index contributed by atoms with van der Waals surface area (Å²) in [5.74, 6) is -2.94. The molecule has 29 heavy (non-hydrogen) atoms. The molecule has 0 atom stereocenters. The summed E-state index contributed by atoms with van der Waals surface area (Å²) in [6.45, 7) is 0. The second-order valence-electron chi connectivity index (χ2n) is 6.73. The summed E-state index contributed by atoms with van der Waals surface area (Å²) >= 11 is 7.30. The first kappa shape index (κ1) is 19.7. The van der Waals surface area contributed by atoms with Gasteiger partial charge in [0.05, 0.1) is 21.3 Å². The van der Waals surface area contributed by atoms with Crippen molar-refractivity contribution in [3.8, 4) is 22.3 Å². The number of carboxylic acids is 1. The number of aryl methyl sites for hydroxylation is 1. The lowest BCUT2D eigenvalue weighted by molar-refractivity contribution is -0.136. The number of nitrogens with zero attached hydrogens (tertiary/aromatic N) is 2. The molecule has 0 radical (unpaired) electrons. The summed E-state index contributed by atoms with van der Waals surface area (Å²) in [6.07, 6.45) is -0.741. The van der Waals surface area contributed by atoms with Crippen molar-refractivity contribution in [1.82, 2.24) is 9.97 Å². The van der Waals surface area contributed by atoms with Gasteiger partial charge in [-0.3, -0.25) is 4.79 Å². The van der Waals surface area contributed by atoms with Crippen molar-refractivity contribution in [1.29, 1.82) is 0 Å². The monoisotopic (exact) mass is 436 g/mol. The van der Waals surface area contributed by atoms with Gasteiger partial charge in [-0.05, 0) is 36.2 Å². The maximum absolute atomic E-state index is 14.0. The standard InChI is InChI=1S/C20H15ClF2N2O3S/c21-16-6-5-15(29-16)18-24-14-7-8-20(22,23)10-13(14)19(25-18)28-12-3-1-11(2-4-12)9-17(26)27/h1-6H,7-10H2,(H,26,27). The highest BCUT2D eigenvalue weighted by Gasteiger charge is 2.37. The van der Waals surface area contributed by atoms with E-state index in [-0.39, 0.29) is 25.1 Å². The highest BCUT2D eigenvalue weighted by atomic mass is 35.5. The van der Waals surface area contributed by atoms with Crippen LogP contribution in [0.25, 0.3) is 10.7 Å². The maximum atomic E-state index is 14.0. The minimum absolute atomic E-state index is 0.0832. The number of thiophene rings is 1. The Bertz CT molecular complexity index is 1070. The van der Waals surface area contributed by atoms with Gasteiger partial charge in [0.1, 0.15) is 5.75 Å². The fraction of sp³-hybridized carbons (Fsp3) is 0.250. The first-order valence-corrected chi connectivity index (χ1v) is 10.0. The summed E-state index contributed by atoms with van der Waals surface area (Å²) < 4.78 is 34.5. The number of benzene rings is 1. The maximum Gasteiger partial charge on any atom is 0.307 e. The Morgan fingerprint density at radius 1 is 1.21 bits per heavy atom. The van der Waals surface area contributed by atoms with E-state index in [0.29, 0.717) is 32.7 Å². The van der Waals surface area contributed by atoms with Gasteiger partial charge in [0.25, 0.3) is 5.92 Å². The predicted molar refractivity (Wildman–Crippen MR) is 105 cm³/mol. The van der Waals surface area contributed by atoms with E-state index in [9.17, 15) is 13.6 Å². The SMILES string of the molecule is O=C(O)Cc1ccc(Oc2nc(-c3ccc(Cl)s3)nc3c2CC(F)(F)CC3)cc1. The van der Waals surface area contributed by atoms with Gasteiger partial charge in [-0.15, -0.1) is 11.3 Å². The topological polar surface area (TPSA) is 72.3 Å². The summed E-state index contributed by atoms with van der Waals surface area (Å²) in [6, 6.07) is 9.92. The number of carbonyl (C=O) groups is 1. The van der Waals surface area contributed by atoms with Gasteiger partial charge in [0.15, 0.2) is 5.82 Å². The van der Waals surface area contributed by atoms with Crippen molar-refractivity contribution >= 4 is 28.9 Å². The normalized spacial score (nSPS) is 15.0. The highest BCUT2D eigenvalue weighted by molar-refractivity contribution is 7.19. The molecule has 3 aromatic rings. The highest BCUT2D eigenvalue weighted by Crippen LogP contribution is 2.39. The first-order chi connectivity index (χ1) is 13.8. The molecule has 0 aliphatic heterocycles. The number of alkyl halides is 2. The van der Waals surface area contributed by atoms with Gasteiger partial charge < -0.3 is 9.84 Å². The van der Waals surface area contributed by atoms with Crippen LogP contribution in [0.1, 0.15) is 23.2 Å². The summed E-state index contributed by atoms with van der Waals surface area (Å²) in [4.78, 5) is 20.4. The van der Waals surface area contributed by atoms with Crippen LogP contribution in [0.2, 0.25) is 4.34 Å². The van der Waals surface area contributed by atoms with Crippen LogP contribution in [0, 0.1) is 0 Å². The van der Waals surface area contributed by atoms with Crippen molar-refractivity contribution in [2.45, 2.75) is 31.6 Å². The van der Waals surface area contributed by atoms with Crippen LogP contribution < -0.4 is 4.74 Å². The van der Waals surface area contributed by atoms with Gasteiger partial charge in [-0.2, -0.15) is 4.98 Å². The third-order valence-electron chi connectivity index (χ3n) is 4.50. The Kier molecular flexibility index (Phi) is 5.23. The molecule has 0 saturated carbocycles. The molecule has 1 N–H and O–H groups in total. The second-order valence-corrected chi connectivity index (χ2v) is 8.45. The third kappa shape index (κ3) is 4.54. The molecule has 0 saturated heterocycles. The summed E-state index contributed by atoms with van der Waals surface area (Å²) in [7, 11) is 0. The zero-order chi connectivity index (χ0) is 20.6. The Morgan fingerprint density at radius 2 is 1.97 bits per heavy atom. The lowest BCUT2D eigenvalue weighted by Crippen LogP contribution is -2.27. The summed E-state index contributed by atoms with van der Waals surface area (Å²) in [5, 5.41) is 8.87. The van der Waals surface area contributed by atoms with Crippen LogP contribution in [0.4, 0.5) is 8.78 Å². The number of fused-ring (bicyclic) bond motifs is 1. The van der Waals surface area contributed by atoms with E-state index in [1.807, 2.05) is 0 Å². The van der Waals surface area contributed by atoms with Crippen LogP contribution >= 0.6 is 22.9 Å². The Morgan fingerprint density at radius 3 is 2.62 bits per heavy atom. The smallest absolute Gasteiger partial charge is 0.307 e. The fourth-order valence-electron chi connectivity index (χ4n) is 3.13. The van der Waals surface area contributed by atoms with Crippen LogP contribution in [-0.4, -0.2) is 27.0 Å². The van der Waals surface area contributed by atoms with Gasteiger partial charge in [0, 0.05) is 18.4 Å². The lowest BCUT2D eigenvalue weighted by Gasteiger charge is -2.25. The van der Waals surface area contributed by atoms with Crippen LogP contribution in [0.5, 0.6) is 11.6 Å². The molecule has 0 bridgehead atoms. The average molecular weight is 437 g/mol. The molecule has 1 aliphatic carbocycles. The molecule has 0 unspecified atom stereocenters. The predicted octanol–water partition coefficient (Wildman–Crippen LogP) is 5.40. The molecule has 2 aromatic heterocycles. The number of halogens is 3. The number of hydrogen-bond donors (Lipinski definition) is 1. The molecule has 5 nitrogen and oxygen atoms in total. The van der Waals surface area contributed by atoms with Crippen LogP contribution in [0.3, 0.4) is 0 Å². The summed E-state index contributed by atoms with van der Waals surface area (Å²) in [5.41, 5.74) is 1.44. The molecule has 1 aromatic carbocycles. The van der Waals surface area contributed by atoms with Crippen molar-refractivity contribution < 1.29 is 23.4 Å². The van der Waals surface area contributed by atoms with Crippen molar-refractivity contribution in [3.05, 3.63) is 57.6 Å². The molecule has 9 heteroatoms. The molecule has 2 heterocycles. The number of hydrogen-bond acceptors (Lipinski definition) is 5. The quantitative estimate of drug-likeness (QED) is 0.579. The van der Waals surface area contributed by atoms with Gasteiger partial charge >= 0.3 is 5.97 Å². The van der Waals surface area contributed by atoms with Gasteiger partial charge in [-0.25, -0.2) is 13.8 Å². The van der Waals surface area contributed by atoms with Crippen molar-refractivity contribution in [2.75, 3.05) is 0 Å². The van der Waals surface area contributed by atoms with E-state index < -0.39 is 18.3 Å². The van der Waals surface area contributed by atoms with E-state index >= 15 is 0 Å². The average Bonchev–Trinajstić information content (AvgIpc) is 3.09. The number of aromatic nitrogens is 2. The number of rotatable bonds is 5.